The number of nitrogen functional groups attached to an aromatic ring is 1. The first-order chi connectivity index (χ1) is 8.58. The second-order valence-corrected chi connectivity index (χ2v) is 3.97. The van der Waals surface area contributed by atoms with Gasteiger partial charge in [0.25, 0.3) is 5.69 Å². The lowest BCUT2D eigenvalue weighted by atomic mass is 10.1. The summed E-state index contributed by atoms with van der Waals surface area (Å²) in [6.45, 7) is 1.90. The smallest absolute Gasteiger partial charge is 0.292 e. The number of nitro benzene ring substituents is 1. The third-order valence-electron chi connectivity index (χ3n) is 2.62. The van der Waals surface area contributed by atoms with Crippen molar-refractivity contribution in [2.45, 2.75) is 6.92 Å². The first-order valence-electron chi connectivity index (χ1n) is 5.44. The van der Waals surface area contributed by atoms with Gasteiger partial charge in [-0.05, 0) is 36.8 Å². The number of benzene rings is 2. The van der Waals surface area contributed by atoms with Crippen LogP contribution >= 0.6 is 0 Å². The quantitative estimate of drug-likeness (QED) is 0.492. The highest BCUT2D eigenvalue weighted by atomic mass is 16.6. The first-order valence-corrected chi connectivity index (χ1v) is 5.44. The van der Waals surface area contributed by atoms with E-state index in [1.165, 1.54) is 6.07 Å². The molecule has 0 atom stereocenters. The molecule has 0 aromatic heterocycles. The fraction of sp³-hybridized carbons (Fsp3) is 0.0769. The zero-order chi connectivity index (χ0) is 13.1. The lowest BCUT2D eigenvalue weighted by Gasteiger charge is -2.10. The van der Waals surface area contributed by atoms with Crippen LogP contribution < -0.4 is 11.1 Å². The predicted octanol–water partition coefficient (Wildman–Crippen LogP) is 3.23. The lowest BCUT2D eigenvalue weighted by Crippen LogP contribution is -1.98. The third-order valence-corrected chi connectivity index (χ3v) is 2.62. The van der Waals surface area contributed by atoms with Crippen molar-refractivity contribution in [2.75, 3.05) is 11.1 Å². The second-order valence-electron chi connectivity index (χ2n) is 3.97. The Morgan fingerprint density at radius 1 is 1.17 bits per heavy atom. The van der Waals surface area contributed by atoms with E-state index in [0.717, 1.165) is 11.3 Å². The van der Waals surface area contributed by atoms with Gasteiger partial charge in [-0.1, -0.05) is 12.1 Å². The van der Waals surface area contributed by atoms with Crippen molar-refractivity contribution < 1.29 is 4.92 Å². The number of rotatable bonds is 3. The molecule has 0 aliphatic carbocycles. The monoisotopic (exact) mass is 243 g/mol. The molecule has 18 heavy (non-hydrogen) atoms. The van der Waals surface area contributed by atoms with Crippen LogP contribution in [0.1, 0.15) is 5.56 Å². The molecule has 0 fully saturated rings. The molecule has 2 aromatic rings. The van der Waals surface area contributed by atoms with E-state index in [0.29, 0.717) is 11.4 Å². The molecule has 0 saturated carbocycles. The zero-order valence-electron chi connectivity index (χ0n) is 9.88. The van der Waals surface area contributed by atoms with E-state index in [4.69, 9.17) is 5.73 Å². The molecular formula is C13H13N3O2. The van der Waals surface area contributed by atoms with Crippen LogP contribution in [0.3, 0.4) is 0 Å². The average molecular weight is 243 g/mol. The number of nitrogens with one attached hydrogen (secondary N) is 1. The molecule has 0 amide bonds. The van der Waals surface area contributed by atoms with Crippen molar-refractivity contribution in [3.63, 3.8) is 0 Å². The third kappa shape index (κ3) is 2.40. The Morgan fingerprint density at radius 3 is 2.56 bits per heavy atom. The van der Waals surface area contributed by atoms with Gasteiger partial charge >= 0.3 is 0 Å². The minimum absolute atomic E-state index is 0.0497. The molecule has 0 saturated heterocycles. The van der Waals surface area contributed by atoms with Gasteiger partial charge in [0.2, 0.25) is 0 Å². The summed E-state index contributed by atoms with van der Waals surface area (Å²) in [5, 5.41) is 13.9. The topological polar surface area (TPSA) is 81.2 Å². The summed E-state index contributed by atoms with van der Waals surface area (Å²) in [5.74, 6) is 0. The van der Waals surface area contributed by atoms with Crippen molar-refractivity contribution in [1.82, 2.24) is 0 Å². The Bertz CT molecular complexity index is 597. The molecular weight excluding hydrogens is 230 g/mol. The number of anilines is 3. The normalized spacial score (nSPS) is 10.1. The summed E-state index contributed by atoms with van der Waals surface area (Å²) in [6, 6.07) is 11.9. The summed E-state index contributed by atoms with van der Waals surface area (Å²) < 4.78 is 0. The Hall–Kier alpha value is -2.56. The Labute approximate surface area is 104 Å². The fourth-order valence-electron chi connectivity index (χ4n) is 1.71. The SMILES string of the molecule is Cc1cc(N)ccc1Nc1ccccc1[N+](=O)[O-]. The van der Waals surface area contributed by atoms with E-state index in [-0.39, 0.29) is 5.69 Å². The molecule has 2 aromatic carbocycles. The zero-order valence-corrected chi connectivity index (χ0v) is 9.88. The standard InChI is InChI=1S/C13H13N3O2/c1-9-8-10(14)6-7-11(9)15-12-4-2-3-5-13(12)16(17)18/h2-8,15H,14H2,1H3. The molecule has 5 nitrogen and oxygen atoms in total. The molecule has 5 heteroatoms. The number of hydrogen-bond donors (Lipinski definition) is 2. The summed E-state index contributed by atoms with van der Waals surface area (Å²) in [4.78, 5) is 10.5. The van der Waals surface area contributed by atoms with Gasteiger partial charge < -0.3 is 11.1 Å². The van der Waals surface area contributed by atoms with Gasteiger partial charge in [-0.3, -0.25) is 10.1 Å². The highest BCUT2D eigenvalue weighted by Gasteiger charge is 2.12. The van der Waals surface area contributed by atoms with Gasteiger partial charge in [0.1, 0.15) is 5.69 Å². The van der Waals surface area contributed by atoms with Gasteiger partial charge in [-0.2, -0.15) is 0 Å². The van der Waals surface area contributed by atoms with Crippen LogP contribution in [0, 0.1) is 17.0 Å². The van der Waals surface area contributed by atoms with E-state index in [9.17, 15) is 10.1 Å². The van der Waals surface area contributed by atoms with E-state index in [2.05, 4.69) is 5.32 Å². The van der Waals surface area contributed by atoms with Crippen molar-refractivity contribution in [3.05, 3.63) is 58.1 Å². The summed E-state index contributed by atoms with van der Waals surface area (Å²) >= 11 is 0. The number of aryl methyl sites for hydroxylation is 1. The van der Waals surface area contributed by atoms with Crippen LogP contribution in [-0.4, -0.2) is 4.92 Å². The maximum Gasteiger partial charge on any atom is 0.292 e. The molecule has 0 bridgehead atoms. The molecule has 3 N–H and O–H groups in total. The minimum atomic E-state index is -0.408. The number of nitrogens with zero attached hydrogens (tertiary/aromatic N) is 1. The predicted molar refractivity (Wildman–Crippen MR) is 72.0 cm³/mol. The van der Waals surface area contributed by atoms with Crippen LogP contribution in [0.5, 0.6) is 0 Å². The van der Waals surface area contributed by atoms with E-state index < -0.39 is 4.92 Å². The average Bonchev–Trinajstić information content (AvgIpc) is 2.33. The number of nitro groups is 1. The highest BCUT2D eigenvalue weighted by molar-refractivity contribution is 5.72. The molecule has 2 rings (SSSR count). The van der Waals surface area contributed by atoms with Crippen LogP contribution in [0.2, 0.25) is 0 Å². The van der Waals surface area contributed by atoms with Gasteiger partial charge in [0, 0.05) is 17.4 Å². The number of hydrogen-bond acceptors (Lipinski definition) is 4. The molecule has 0 aliphatic heterocycles. The van der Waals surface area contributed by atoms with Crippen LogP contribution in [-0.2, 0) is 0 Å². The van der Waals surface area contributed by atoms with Crippen LogP contribution in [0.15, 0.2) is 42.5 Å². The van der Waals surface area contributed by atoms with Crippen molar-refractivity contribution >= 4 is 22.7 Å². The molecule has 0 aliphatic rings. The first kappa shape index (κ1) is 11.9. The Morgan fingerprint density at radius 2 is 1.89 bits per heavy atom. The summed E-state index contributed by atoms with van der Waals surface area (Å²) in [5.41, 5.74) is 8.59. The molecule has 0 heterocycles. The fourth-order valence-corrected chi connectivity index (χ4v) is 1.71. The minimum Gasteiger partial charge on any atom is -0.399 e. The number of nitrogens with two attached hydrogens (primary N) is 1. The number of para-hydroxylation sites is 2. The highest BCUT2D eigenvalue weighted by Crippen LogP contribution is 2.29. The second kappa shape index (κ2) is 4.75. The van der Waals surface area contributed by atoms with Gasteiger partial charge in [0.15, 0.2) is 0 Å². The maximum atomic E-state index is 10.9. The van der Waals surface area contributed by atoms with E-state index in [1.807, 2.05) is 13.0 Å². The van der Waals surface area contributed by atoms with E-state index >= 15 is 0 Å². The van der Waals surface area contributed by atoms with Crippen LogP contribution in [0.4, 0.5) is 22.7 Å². The molecule has 0 radical (unpaired) electrons. The Balaban J connectivity index is 2.37. The van der Waals surface area contributed by atoms with Gasteiger partial charge in [-0.25, -0.2) is 0 Å². The van der Waals surface area contributed by atoms with E-state index in [1.54, 1.807) is 30.3 Å². The molecule has 0 spiro atoms. The molecule has 92 valence electrons. The van der Waals surface area contributed by atoms with Crippen LogP contribution in [0.25, 0.3) is 0 Å². The lowest BCUT2D eigenvalue weighted by molar-refractivity contribution is -0.383. The van der Waals surface area contributed by atoms with Crippen molar-refractivity contribution in [3.8, 4) is 0 Å². The van der Waals surface area contributed by atoms with Crippen molar-refractivity contribution in [1.29, 1.82) is 0 Å². The molecule has 0 unspecified atom stereocenters. The Kier molecular flexibility index (Phi) is 3.14. The van der Waals surface area contributed by atoms with Gasteiger partial charge in [-0.15, -0.1) is 0 Å². The summed E-state index contributed by atoms with van der Waals surface area (Å²) in [6.07, 6.45) is 0. The van der Waals surface area contributed by atoms with Crippen molar-refractivity contribution in [2.24, 2.45) is 0 Å². The largest absolute Gasteiger partial charge is 0.399 e. The maximum absolute atomic E-state index is 10.9. The summed E-state index contributed by atoms with van der Waals surface area (Å²) in [7, 11) is 0. The van der Waals surface area contributed by atoms with Gasteiger partial charge in [0.05, 0.1) is 4.92 Å².